The third-order valence-corrected chi connectivity index (χ3v) is 4.36. The molecule has 1 saturated heterocycles. The van der Waals surface area contributed by atoms with Crippen LogP contribution in [0.3, 0.4) is 0 Å². The summed E-state index contributed by atoms with van der Waals surface area (Å²) < 4.78 is 24.1. The van der Waals surface area contributed by atoms with Crippen molar-refractivity contribution in [2.75, 3.05) is 6.61 Å². The molecule has 4 atom stereocenters. The van der Waals surface area contributed by atoms with Crippen LogP contribution in [-0.2, 0) is 23.8 Å². The van der Waals surface area contributed by atoms with E-state index in [2.05, 4.69) is 20.9 Å². The minimum atomic E-state index is -0.871. The number of esters is 2. The molecular weight excluding hydrogens is 380 g/mol. The Balaban J connectivity index is 2.06. The van der Waals surface area contributed by atoms with Gasteiger partial charge in [-0.1, -0.05) is 12.8 Å². The van der Waals surface area contributed by atoms with Gasteiger partial charge in [-0.2, -0.15) is 4.98 Å². The van der Waals surface area contributed by atoms with Gasteiger partial charge in [-0.25, -0.2) is 9.97 Å². The van der Waals surface area contributed by atoms with Crippen LogP contribution in [0.1, 0.15) is 39.2 Å². The molecule has 0 amide bonds. The lowest BCUT2D eigenvalue weighted by atomic mass is 10.1. The normalized spacial score (nSPS) is 23.6. The van der Waals surface area contributed by atoms with Gasteiger partial charge >= 0.3 is 11.9 Å². The van der Waals surface area contributed by atoms with E-state index < -0.39 is 36.5 Å². The third kappa shape index (κ3) is 4.14. The van der Waals surface area contributed by atoms with E-state index in [1.54, 1.807) is 11.5 Å². The highest BCUT2D eigenvalue weighted by atomic mass is 16.6. The zero-order chi connectivity index (χ0) is 21.1. The van der Waals surface area contributed by atoms with Crippen molar-refractivity contribution in [2.45, 2.75) is 58.7 Å². The Hall–Kier alpha value is -3.19. The van der Waals surface area contributed by atoms with E-state index >= 15 is 0 Å². The smallest absolute Gasteiger partial charge is 0.303 e. The van der Waals surface area contributed by atoms with Gasteiger partial charge in [0.25, 0.3) is 0 Å². The average molecular weight is 402 g/mol. The van der Waals surface area contributed by atoms with Gasteiger partial charge in [0.15, 0.2) is 36.2 Å². The molecule has 154 valence electrons. The minimum absolute atomic E-state index is 0.0286. The quantitative estimate of drug-likeness (QED) is 0.521. The standard InChI is InChI=1S/C19H22N4O6/c1-6-8-26-18-14-17(21-10(3)22-18)23(9-20-14)19-16(28-12(5)25)15(27-11(4)24)13(7-2)29-19/h1,9,13,15-16,19H,7-8H2,2-5H3/t13-,15?,16+,19-/m1/s1. The van der Waals surface area contributed by atoms with Gasteiger partial charge in [0.1, 0.15) is 11.9 Å². The van der Waals surface area contributed by atoms with Crippen molar-refractivity contribution in [1.29, 1.82) is 0 Å². The Kier molecular flexibility index (Phi) is 5.98. The first-order valence-corrected chi connectivity index (χ1v) is 9.13. The van der Waals surface area contributed by atoms with Crippen molar-refractivity contribution in [3.8, 4) is 18.2 Å². The van der Waals surface area contributed by atoms with E-state index in [4.69, 9.17) is 25.4 Å². The SMILES string of the molecule is C#CCOc1nc(C)nc2c1ncn2[C@@H]1O[C@H](CC)C(OC(C)=O)[C@@H]1OC(C)=O. The van der Waals surface area contributed by atoms with Crippen molar-refractivity contribution in [1.82, 2.24) is 19.5 Å². The summed E-state index contributed by atoms with van der Waals surface area (Å²) in [5.74, 6) is 2.05. The molecule has 0 N–H and O–H groups in total. The van der Waals surface area contributed by atoms with Gasteiger partial charge in [0, 0.05) is 13.8 Å². The number of rotatable bonds is 6. The first-order chi connectivity index (χ1) is 13.8. The van der Waals surface area contributed by atoms with E-state index in [1.165, 1.54) is 20.2 Å². The zero-order valence-corrected chi connectivity index (χ0v) is 16.6. The number of carbonyl (C=O) groups is 2. The van der Waals surface area contributed by atoms with Crippen LogP contribution in [0.4, 0.5) is 0 Å². The number of nitrogens with zero attached hydrogens (tertiary/aromatic N) is 4. The van der Waals surface area contributed by atoms with E-state index in [9.17, 15) is 9.59 Å². The molecule has 0 aliphatic carbocycles. The van der Waals surface area contributed by atoms with Gasteiger partial charge in [0.2, 0.25) is 5.88 Å². The van der Waals surface area contributed by atoms with Crippen molar-refractivity contribution >= 4 is 23.1 Å². The van der Waals surface area contributed by atoms with Gasteiger partial charge < -0.3 is 18.9 Å². The number of hydrogen-bond acceptors (Lipinski definition) is 9. The molecule has 29 heavy (non-hydrogen) atoms. The lowest BCUT2D eigenvalue weighted by Crippen LogP contribution is -2.38. The highest BCUT2D eigenvalue weighted by Crippen LogP contribution is 2.37. The molecule has 3 rings (SSSR count). The number of carbonyl (C=O) groups excluding carboxylic acids is 2. The summed E-state index contributed by atoms with van der Waals surface area (Å²) in [7, 11) is 0. The fourth-order valence-electron chi connectivity index (χ4n) is 3.30. The van der Waals surface area contributed by atoms with Crippen molar-refractivity contribution in [3.63, 3.8) is 0 Å². The largest absolute Gasteiger partial charge is 0.463 e. The number of aryl methyl sites for hydroxylation is 1. The van der Waals surface area contributed by atoms with E-state index in [-0.39, 0.29) is 12.5 Å². The molecule has 3 heterocycles. The number of terminal acetylenes is 1. The predicted molar refractivity (Wildman–Crippen MR) is 99.7 cm³/mol. The molecule has 2 aromatic heterocycles. The summed E-state index contributed by atoms with van der Waals surface area (Å²) in [6, 6.07) is 0. The summed E-state index contributed by atoms with van der Waals surface area (Å²) in [4.78, 5) is 36.3. The summed E-state index contributed by atoms with van der Waals surface area (Å²) in [6.07, 6.45) is 4.40. The van der Waals surface area contributed by atoms with Crippen molar-refractivity contribution < 1.29 is 28.5 Å². The molecule has 1 aliphatic rings. The van der Waals surface area contributed by atoms with Gasteiger partial charge in [-0.3, -0.25) is 14.2 Å². The Morgan fingerprint density at radius 1 is 1.24 bits per heavy atom. The Bertz CT molecular complexity index is 965. The maximum Gasteiger partial charge on any atom is 0.303 e. The third-order valence-electron chi connectivity index (χ3n) is 4.36. The Morgan fingerprint density at radius 2 is 1.93 bits per heavy atom. The van der Waals surface area contributed by atoms with Crippen LogP contribution in [0, 0.1) is 19.3 Å². The molecule has 1 aliphatic heterocycles. The van der Waals surface area contributed by atoms with Crippen LogP contribution in [0.25, 0.3) is 11.2 Å². The molecule has 1 unspecified atom stereocenters. The maximum absolute atomic E-state index is 11.7. The number of fused-ring (bicyclic) bond motifs is 1. The van der Waals surface area contributed by atoms with E-state index in [0.29, 0.717) is 23.4 Å². The van der Waals surface area contributed by atoms with E-state index in [1.807, 2.05) is 6.92 Å². The highest BCUT2D eigenvalue weighted by molar-refractivity contribution is 5.76. The maximum atomic E-state index is 11.7. The summed E-state index contributed by atoms with van der Waals surface area (Å²) in [5.41, 5.74) is 0.810. The predicted octanol–water partition coefficient (Wildman–Crippen LogP) is 1.32. The summed E-state index contributed by atoms with van der Waals surface area (Å²) >= 11 is 0. The average Bonchev–Trinajstić information content (AvgIpc) is 3.20. The fourth-order valence-corrected chi connectivity index (χ4v) is 3.30. The highest BCUT2D eigenvalue weighted by Gasteiger charge is 2.49. The first-order valence-electron chi connectivity index (χ1n) is 9.13. The fraction of sp³-hybridized carbons (Fsp3) is 0.526. The molecule has 2 aromatic rings. The Labute approximate surface area is 167 Å². The number of hydrogen-bond donors (Lipinski definition) is 0. The van der Waals surface area contributed by atoms with Crippen LogP contribution < -0.4 is 4.74 Å². The van der Waals surface area contributed by atoms with Gasteiger partial charge in [-0.15, -0.1) is 6.42 Å². The zero-order valence-electron chi connectivity index (χ0n) is 16.6. The van der Waals surface area contributed by atoms with Gasteiger partial charge in [0.05, 0.1) is 6.33 Å². The first kappa shape index (κ1) is 20.5. The molecule has 0 bridgehead atoms. The lowest BCUT2D eigenvalue weighted by molar-refractivity contribution is -0.165. The van der Waals surface area contributed by atoms with Gasteiger partial charge in [-0.05, 0) is 13.3 Å². The molecule has 1 fully saturated rings. The van der Waals surface area contributed by atoms with Crippen LogP contribution in [0.15, 0.2) is 6.33 Å². The second-order valence-electron chi connectivity index (χ2n) is 6.51. The van der Waals surface area contributed by atoms with Crippen molar-refractivity contribution in [3.05, 3.63) is 12.2 Å². The Morgan fingerprint density at radius 3 is 2.55 bits per heavy atom. The van der Waals surface area contributed by atoms with Crippen LogP contribution in [0.5, 0.6) is 5.88 Å². The number of imidazole rings is 1. The minimum Gasteiger partial charge on any atom is -0.463 e. The molecule has 10 heteroatoms. The summed E-state index contributed by atoms with van der Waals surface area (Å²) in [5, 5.41) is 0. The van der Waals surface area contributed by atoms with E-state index in [0.717, 1.165) is 0 Å². The van der Waals surface area contributed by atoms with Crippen LogP contribution in [-0.4, -0.2) is 56.4 Å². The second-order valence-corrected chi connectivity index (χ2v) is 6.51. The van der Waals surface area contributed by atoms with Crippen LogP contribution in [0.2, 0.25) is 0 Å². The molecular formula is C19H22N4O6. The molecule has 10 nitrogen and oxygen atoms in total. The number of aromatic nitrogens is 4. The molecule has 0 radical (unpaired) electrons. The molecule has 0 saturated carbocycles. The molecule has 0 aromatic carbocycles. The summed E-state index contributed by atoms with van der Waals surface area (Å²) in [6.45, 7) is 6.20. The monoisotopic (exact) mass is 402 g/mol. The lowest BCUT2D eigenvalue weighted by Gasteiger charge is -2.23. The van der Waals surface area contributed by atoms with Crippen molar-refractivity contribution in [2.24, 2.45) is 0 Å². The second kappa shape index (κ2) is 8.45. The van der Waals surface area contributed by atoms with Crippen LogP contribution >= 0.6 is 0 Å². The molecule has 0 spiro atoms. The topological polar surface area (TPSA) is 115 Å². The number of ether oxygens (including phenoxy) is 4.